The van der Waals surface area contributed by atoms with E-state index in [9.17, 15) is 9.18 Å². The van der Waals surface area contributed by atoms with Crippen molar-refractivity contribution in [3.05, 3.63) is 34.6 Å². The van der Waals surface area contributed by atoms with Crippen LogP contribution in [0.5, 0.6) is 0 Å². The number of carbonyl (C=O) groups excluding carboxylic acids is 1. The van der Waals surface area contributed by atoms with Gasteiger partial charge in [-0.3, -0.25) is 9.80 Å². The lowest BCUT2D eigenvalue weighted by molar-refractivity contribution is -0.144. The molecule has 2 saturated carbocycles. The van der Waals surface area contributed by atoms with E-state index in [1.54, 1.807) is 12.1 Å². The van der Waals surface area contributed by atoms with E-state index in [4.69, 9.17) is 11.6 Å². The maximum atomic E-state index is 14.1. The molecule has 3 fully saturated rings. The van der Waals surface area contributed by atoms with Crippen LogP contribution in [0.2, 0.25) is 5.02 Å². The first kappa shape index (κ1) is 13.5. The Balaban J connectivity index is 1.52. The second-order valence-corrected chi connectivity index (χ2v) is 6.89. The van der Waals surface area contributed by atoms with E-state index in [2.05, 4.69) is 5.43 Å². The lowest BCUT2D eigenvalue weighted by Gasteiger charge is -2.40. The molecule has 3 nitrogen and oxygen atoms in total. The number of hydrogen-bond donors (Lipinski definition) is 1. The molecule has 21 heavy (non-hydrogen) atoms. The summed E-state index contributed by atoms with van der Waals surface area (Å²) in [5.41, 5.74) is 3.94. The largest absolute Gasteiger partial charge is 0.274 e. The topological polar surface area (TPSA) is 32.3 Å². The van der Waals surface area contributed by atoms with Gasteiger partial charge in [0.05, 0.1) is 0 Å². The Kier molecular flexibility index (Phi) is 3.19. The minimum Gasteiger partial charge on any atom is -0.274 e. The van der Waals surface area contributed by atoms with Gasteiger partial charge in [-0.1, -0.05) is 17.7 Å². The van der Waals surface area contributed by atoms with Crippen LogP contribution in [0, 0.1) is 11.7 Å². The van der Waals surface area contributed by atoms with Crippen LogP contribution in [-0.4, -0.2) is 23.0 Å². The molecule has 1 aromatic rings. The number of hydrogen-bond acceptors (Lipinski definition) is 2. The van der Waals surface area contributed by atoms with E-state index < -0.39 is 0 Å². The quantitative estimate of drug-likeness (QED) is 0.909. The molecule has 2 aliphatic carbocycles. The Morgan fingerprint density at radius 3 is 2.71 bits per heavy atom. The van der Waals surface area contributed by atoms with Gasteiger partial charge < -0.3 is 0 Å². The monoisotopic (exact) mass is 308 g/mol. The van der Waals surface area contributed by atoms with E-state index in [0.29, 0.717) is 22.7 Å². The third-order valence-electron chi connectivity index (χ3n) is 5.28. The van der Waals surface area contributed by atoms with Crippen molar-refractivity contribution in [3.8, 4) is 0 Å². The average molecular weight is 309 g/mol. The number of hydrazine groups is 1. The van der Waals surface area contributed by atoms with Crippen LogP contribution in [0.15, 0.2) is 18.2 Å². The number of nitrogens with zero attached hydrogens (tertiary/aromatic N) is 1. The molecule has 5 heteroatoms. The lowest BCUT2D eigenvalue weighted by atomic mass is 9.69. The van der Waals surface area contributed by atoms with Gasteiger partial charge in [0.25, 0.3) is 0 Å². The summed E-state index contributed by atoms with van der Waals surface area (Å²) in [6.45, 7) is 0. The summed E-state index contributed by atoms with van der Waals surface area (Å²) in [6, 6.07) is 5.58. The smallest absolute Gasteiger partial charge is 0.240 e. The van der Waals surface area contributed by atoms with Gasteiger partial charge in [-0.2, -0.15) is 0 Å². The predicted octanol–water partition coefficient (Wildman–Crippen LogP) is 3.24. The van der Waals surface area contributed by atoms with Crippen molar-refractivity contribution in [2.45, 2.75) is 50.1 Å². The molecule has 4 atom stereocenters. The molecule has 1 N–H and O–H groups in total. The van der Waals surface area contributed by atoms with Crippen molar-refractivity contribution in [1.82, 2.24) is 10.4 Å². The zero-order valence-electron chi connectivity index (χ0n) is 11.7. The van der Waals surface area contributed by atoms with Gasteiger partial charge in [0.15, 0.2) is 0 Å². The Labute approximate surface area is 128 Å². The summed E-state index contributed by atoms with van der Waals surface area (Å²) in [4.78, 5) is 12.7. The third kappa shape index (κ3) is 2.16. The normalized spacial score (nSPS) is 34.1. The van der Waals surface area contributed by atoms with Gasteiger partial charge in [0.2, 0.25) is 5.91 Å². The predicted molar refractivity (Wildman–Crippen MR) is 78.3 cm³/mol. The summed E-state index contributed by atoms with van der Waals surface area (Å²) in [6.07, 6.45) is 5.04. The minimum absolute atomic E-state index is 0.00399. The SMILES string of the molecule is O=C(C1CCC1c1ccc(Cl)cc1F)N1NC2CCC1C2. The highest BCUT2D eigenvalue weighted by Gasteiger charge is 2.47. The van der Waals surface area contributed by atoms with Gasteiger partial charge in [0, 0.05) is 23.0 Å². The number of nitrogens with one attached hydrogen (secondary N) is 1. The van der Waals surface area contributed by atoms with Gasteiger partial charge in [-0.25, -0.2) is 9.82 Å². The zero-order valence-corrected chi connectivity index (χ0v) is 12.4. The van der Waals surface area contributed by atoms with Crippen LogP contribution < -0.4 is 5.43 Å². The first-order valence-corrected chi connectivity index (χ1v) is 8.05. The highest BCUT2D eigenvalue weighted by Crippen LogP contribution is 2.46. The fourth-order valence-corrected chi connectivity index (χ4v) is 4.16. The van der Waals surface area contributed by atoms with Crippen molar-refractivity contribution in [2.75, 3.05) is 0 Å². The van der Waals surface area contributed by atoms with Crippen molar-refractivity contribution >= 4 is 17.5 Å². The summed E-state index contributed by atoms with van der Waals surface area (Å²) in [7, 11) is 0. The molecule has 4 rings (SSSR count). The maximum absolute atomic E-state index is 14.1. The van der Waals surface area contributed by atoms with Crippen LogP contribution in [0.3, 0.4) is 0 Å². The molecule has 112 valence electrons. The molecule has 3 aliphatic rings. The maximum Gasteiger partial charge on any atom is 0.240 e. The second kappa shape index (κ2) is 4.96. The first-order chi connectivity index (χ1) is 10.1. The van der Waals surface area contributed by atoms with Crippen LogP contribution in [0.4, 0.5) is 4.39 Å². The van der Waals surface area contributed by atoms with Gasteiger partial charge >= 0.3 is 0 Å². The van der Waals surface area contributed by atoms with Gasteiger partial charge in [0.1, 0.15) is 5.82 Å². The van der Waals surface area contributed by atoms with Crippen LogP contribution in [-0.2, 0) is 4.79 Å². The molecule has 0 aromatic heterocycles. The molecular formula is C16H18ClFN2O. The minimum atomic E-state index is -0.291. The second-order valence-electron chi connectivity index (χ2n) is 6.46. The van der Waals surface area contributed by atoms with Crippen LogP contribution in [0.25, 0.3) is 0 Å². The molecule has 1 saturated heterocycles. The van der Waals surface area contributed by atoms with Crippen molar-refractivity contribution in [3.63, 3.8) is 0 Å². The fourth-order valence-electron chi connectivity index (χ4n) is 4.00. The van der Waals surface area contributed by atoms with Crippen molar-refractivity contribution in [2.24, 2.45) is 5.92 Å². The van der Waals surface area contributed by atoms with E-state index >= 15 is 0 Å². The van der Waals surface area contributed by atoms with Gasteiger partial charge in [-0.15, -0.1) is 0 Å². The highest BCUT2D eigenvalue weighted by atomic mass is 35.5. The summed E-state index contributed by atoms with van der Waals surface area (Å²) < 4.78 is 14.1. The van der Waals surface area contributed by atoms with E-state index in [-0.39, 0.29) is 23.6 Å². The molecule has 0 radical (unpaired) electrons. The van der Waals surface area contributed by atoms with Crippen molar-refractivity contribution in [1.29, 1.82) is 0 Å². The summed E-state index contributed by atoms with van der Waals surface area (Å²) in [5.74, 6) is -0.239. The number of fused-ring (bicyclic) bond motifs is 2. The zero-order chi connectivity index (χ0) is 14.6. The number of carbonyl (C=O) groups is 1. The summed E-state index contributed by atoms with van der Waals surface area (Å²) in [5, 5.41) is 2.23. The van der Waals surface area contributed by atoms with Gasteiger partial charge in [-0.05, 0) is 55.7 Å². The van der Waals surface area contributed by atoms with Crippen molar-refractivity contribution < 1.29 is 9.18 Å². The summed E-state index contributed by atoms with van der Waals surface area (Å²) >= 11 is 5.80. The Morgan fingerprint density at radius 2 is 2.14 bits per heavy atom. The average Bonchev–Trinajstić information content (AvgIpc) is 3.03. The Hall–Kier alpha value is -1.13. The molecular weight excluding hydrogens is 291 g/mol. The molecule has 2 bridgehead atoms. The molecule has 4 unspecified atom stereocenters. The first-order valence-electron chi connectivity index (χ1n) is 7.67. The number of benzene rings is 1. The van der Waals surface area contributed by atoms with E-state index in [1.807, 2.05) is 5.01 Å². The van der Waals surface area contributed by atoms with E-state index in [1.165, 1.54) is 6.07 Å². The number of rotatable bonds is 2. The Morgan fingerprint density at radius 1 is 1.29 bits per heavy atom. The standard InChI is InChI=1S/C16H18ClFN2O/c17-9-1-4-13(15(18)7-9)12-5-6-14(12)16(21)20-11-3-2-10(8-11)19-20/h1,4,7,10-12,14,19H,2-3,5-6,8H2. The Bertz CT molecular complexity index is 594. The third-order valence-corrected chi connectivity index (χ3v) is 5.52. The molecule has 1 aromatic carbocycles. The number of amides is 1. The van der Waals surface area contributed by atoms with Crippen LogP contribution >= 0.6 is 11.6 Å². The van der Waals surface area contributed by atoms with Crippen LogP contribution in [0.1, 0.15) is 43.6 Å². The van der Waals surface area contributed by atoms with E-state index in [0.717, 1.165) is 32.1 Å². The molecule has 1 heterocycles. The lowest BCUT2D eigenvalue weighted by Crippen LogP contribution is -2.52. The molecule has 1 amide bonds. The highest BCUT2D eigenvalue weighted by molar-refractivity contribution is 6.30. The fraction of sp³-hybridized carbons (Fsp3) is 0.562. The number of halogens is 2. The molecule has 0 spiro atoms. The molecule has 1 aliphatic heterocycles.